The second-order valence-corrected chi connectivity index (χ2v) is 6.47. The maximum absolute atomic E-state index is 12.3. The van der Waals surface area contributed by atoms with E-state index in [2.05, 4.69) is 4.98 Å². The first-order valence-electron chi connectivity index (χ1n) is 6.97. The Labute approximate surface area is 130 Å². The summed E-state index contributed by atoms with van der Waals surface area (Å²) in [7, 11) is 2.98. The van der Waals surface area contributed by atoms with Crippen LogP contribution in [0.15, 0.2) is 15.9 Å². The molecule has 1 aliphatic heterocycles. The molecule has 0 N–H and O–H groups in total. The van der Waals surface area contributed by atoms with E-state index in [0.717, 1.165) is 29.2 Å². The number of imidazole rings is 1. The van der Waals surface area contributed by atoms with Crippen LogP contribution in [-0.4, -0.2) is 54.1 Å². The molecule has 1 saturated heterocycles. The highest BCUT2D eigenvalue weighted by Crippen LogP contribution is 2.11. The minimum atomic E-state index is -0.433. The van der Waals surface area contributed by atoms with Crippen LogP contribution in [0.3, 0.4) is 0 Å². The highest BCUT2D eigenvalue weighted by atomic mass is 32.2. The zero-order chi connectivity index (χ0) is 15.9. The van der Waals surface area contributed by atoms with Crippen LogP contribution in [0.5, 0.6) is 0 Å². The zero-order valence-corrected chi connectivity index (χ0v) is 13.3. The first-order chi connectivity index (χ1) is 10.5. The van der Waals surface area contributed by atoms with E-state index in [1.807, 2.05) is 11.8 Å². The number of nitrogens with zero attached hydrogens (tertiary/aromatic N) is 5. The Hall–Kier alpha value is -2.03. The van der Waals surface area contributed by atoms with Gasteiger partial charge in [-0.3, -0.25) is 18.7 Å². The largest absolute Gasteiger partial charge is 0.339 e. The van der Waals surface area contributed by atoms with Crippen LogP contribution in [0.4, 0.5) is 0 Å². The Morgan fingerprint density at radius 3 is 2.59 bits per heavy atom. The van der Waals surface area contributed by atoms with Gasteiger partial charge in [0, 0.05) is 38.7 Å². The monoisotopic (exact) mass is 323 g/mol. The molecule has 8 nitrogen and oxygen atoms in total. The predicted octanol–water partition coefficient (Wildman–Crippen LogP) is -0.991. The summed E-state index contributed by atoms with van der Waals surface area (Å²) in [6, 6.07) is 0. The molecule has 9 heteroatoms. The molecule has 2 aromatic rings. The van der Waals surface area contributed by atoms with Gasteiger partial charge in [0.1, 0.15) is 6.54 Å². The summed E-state index contributed by atoms with van der Waals surface area (Å²) in [5.41, 5.74) is -0.279. The molecule has 118 valence electrons. The van der Waals surface area contributed by atoms with Crippen LogP contribution < -0.4 is 11.2 Å². The lowest BCUT2D eigenvalue weighted by atomic mass is 10.4. The summed E-state index contributed by atoms with van der Waals surface area (Å²) in [5, 5.41) is 0. The number of carbonyl (C=O) groups excluding carboxylic acids is 1. The third-order valence-electron chi connectivity index (χ3n) is 3.89. The van der Waals surface area contributed by atoms with Crippen LogP contribution in [0.2, 0.25) is 0 Å². The third-order valence-corrected chi connectivity index (χ3v) is 4.83. The average Bonchev–Trinajstić information content (AvgIpc) is 2.95. The number of aryl methyl sites for hydroxylation is 1. The van der Waals surface area contributed by atoms with Crippen molar-refractivity contribution in [3.8, 4) is 0 Å². The molecular formula is C13H17N5O3S. The van der Waals surface area contributed by atoms with Gasteiger partial charge in [0.15, 0.2) is 11.2 Å². The van der Waals surface area contributed by atoms with E-state index in [1.165, 1.54) is 22.5 Å². The Kier molecular flexibility index (Phi) is 3.81. The Bertz CT molecular complexity index is 844. The molecule has 0 spiro atoms. The Balaban J connectivity index is 2.00. The first kappa shape index (κ1) is 14.9. The zero-order valence-electron chi connectivity index (χ0n) is 12.5. The van der Waals surface area contributed by atoms with Crippen molar-refractivity contribution in [2.75, 3.05) is 24.6 Å². The molecule has 2 aromatic heterocycles. The molecule has 0 bridgehead atoms. The van der Waals surface area contributed by atoms with E-state index >= 15 is 0 Å². The summed E-state index contributed by atoms with van der Waals surface area (Å²) in [5.74, 6) is 1.84. The predicted molar refractivity (Wildman–Crippen MR) is 84.1 cm³/mol. The Morgan fingerprint density at radius 1 is 1.23 bits per heavy atom. The van der Waals surface area contributed by atoms with E-state index in [1.54, 1.807) is 11.9 Å². The minimum absolute atomic E-state index is 0.0319. The molecule has 22 heavy (non-hydrogen) atoms. The van der Waals surface area contributed by atoms with E-state index in [9.17, 15) is 14.4 Å². The summed E-state index contributed by atoms with van der Waals surface area (Å²) >= 11 is 1.83. The maximum atomic E-state index is 12.3. The molecule has 0 radical (unpaired) electrons. The summed E-state index contributed by atoms with van der Waals surface area (Å²) < 4.78 is 3.87. The second kappa shape index (κ2) is 5.64. The van der Waals surface area contributed by atoms with E-state index in [-0.39, 0.29) is 18.0 Å². The van der Waals surface area contributed by atoms with Gasteiger partial charge < -0.3 is 9.47 Å². The lowest BCUT2D eigenvalue weighted by Gasteiger charge is -2.26. The number of rotatable bonds is 2. The number of carbonyl (C=O) groups is 1. The third kappa shape index (κ3) is 2.35. The number of aromatic nitrogens is 4. The van der Waals surface area contributed by atoms with Crippen LogP contribution in [0.25, 0.3) is 11.2 Å². The molecule has 3 heterocycles. The van der Waals surface area contributed by atoms with E-state index in [0.29, 0.717) is 5.65 Å². The molecule has 0 aliphatic carbocycles. The smallest absolute Gasteiger partial charge is 0.332 e. The standard InChI is InChI=1S/C13H17N5O3S/c1-15-11-10(12(20)16(2)13(15)21)18(8-14-11)7-9(19)17-3-5-22-6-4-17/h8H,3-7H2,1-2H3. The fraction of sp³-hybridized carbons (Fsp3) is 0.538. The number of amides is 1. The second-order valence-electron chi connectivity index (χ2n) is 5.24. The van der Waals surface area contributed by atoms with E-state index < -0.39 is 11.2 Å². The topological polar surface area (TPSA) is 82.1 Å². The molecule has 1 amide bonds. The van der Waals surface area contributed by atoms with Crippen LogP contribution in [-0.2, 0) is 25.4 Å². The molecule has 0 atom stereocenters. The fourth-order valence-corrected chi connectivity index (χ4v) is 3.48. The molecule has 0 saturated carbocycles. The summed E-state index contributed by atoms with van der Waals surface area (Å²) in [6.45, 7) is 1.52. The molecule has 0 unspecified atom stereocenters. The van der Waals surface area contributed by atoms with Gasteiger partial charge in [0.25, 0.3) is 5.56 Å². The normalized spacial score (nSPS) is 15.5. The number of hydrogen-bond donors (Lipinski definition) is 0. The first-order valence-corrected chi connectivity index (χ1v) is 8.12. The van der Waals surface area contributed by atoms with Crippen LogP contribution >= 0.6 is 11.8 Å². The van der Waals surface area contributed by atoms with Gasteiger partial charge in [-0.2, -0.15) is 11.8 Å². The van der Waals surface area contributed by atoms with Crippen molar-refractivity contribution in [1.29, 1.82) is 0 Å². The fourth-order valence-electron chi connectivity index (χ4n) is 2.58. The van der Waals surface area contributed by atoms with Gasteiger partial charge in [-0.1, -0.05) is 0 Å². The Morgan fingerprint density at radius 2 is 1.91 bits per heavy atom. The lowest BCUT2D eigenvalue weighted by molar-refractivity contribution is -0.131. The quantitative estimate of drug-likeness (QED) is 0.709. The number of fused-ring (bicyclic) bond motifs is 1. The van der Waals surface area contributed by atoms with Crippen molar-refractivity contribution in [3.63, 3.8) is 0 Å². The highest BCUT2D eigenvalue weighted by molar-refractivity contribution is 7.99. The van der Waals surface area contributed by atoms with Gasteiger partial charge >= 0.3 is 5.69 Å². The van der Waals surface area contributed by atoms with Crippen molar-refractivity contribution >= 4 is 28.8 Å². The van der Waals surface area contributed by atoms with Gasteiger partial charge in [-0.25, -0.2) is 9.78 Å². The van der Waals surface area contributed by atoms with Crippen LogP contribution in [0, 0.1) is 0 Å². The van der Waals surface area contributed by atoms with Gasteiger partial charge in [-0.05, 0) is 0 Å². The van der Waals surface area contributed by atoms with Crippen molar-refractivity contribution in [3.05, 3.63) is 27.2 Å². The van der Waals surface area contributed by atoms with Gasteiger partial charge in [0.2, 0.25) is 5.91 Å². The van der Waals surface area contributed by atoms with Gasteiger partial charge in [-0.15, -0.1) is 0 Å². The summed E-state index contributed by atoms with van der Waals surface area (Å²) in [4.78, 5) is 42.4. The number of hydrogen-bond acceptors (Lipinski definition) is 5. The number of thioether (sulfide) groups is 1. The van der Waals surface area contributed by atoms with Gasteiger partial charge in [0.05, 0.1) is 6.33 Å². The molecule has 1 fully saturated rings. The minimum Gasteiger partial charge on any atom is -0.339 e. The van der Waals surface area contributed by atoms with Crippen molar-refractivity contribution in [2.24, 2.45) is 14.1 Å². The van der Waals surface area contributed by atoms with Crippen molar-refractivity contribution in [1.82, 2.24) is 23.6 Å². The van der Waals surface area contributed by atoms with Crippen molar-refractivity contribution < 1.29 is 4.79 Å². The van der Waals surface area contributed by atoms with E-state index in [4.69, 9.17) is 0 Å². The molecule has 1 aliphatic rings. The highest BCUT2D eigenvalue weighted by Gasteiger charge is 2.20. The molecule has 3 rings (SSSR count). The molecular weight excluding hydrogens is 306 g/mol. The maximum Gasteiger partial charge on any atom is 0.332 e. The SMILES string of the molecule is Cn1c(=O)c2c(ncn2CC(=O)N2CCSCC2)n(C)c1=O. The van der Waals surface area contributed by atoms with Crippen LogP contribution in [0.1, 0.15) is 0 Å². The summed E-state index contributed by atoms with van der Waals surface area (Å²) in [6.07, 6.45) is 1.45. The van der Waals surface area contributed by atoms with Crippen molar-refractivity contribution in [2.45, 2.75) is 6.54 Å². The molecule has 0 aromatic carbocycles. The lowest BCUT2D eigenvalue weighted by Crippen LogP contribution is -2.41. The average molecular weight is 323 g/mol.